The van der Waals surface area contributed by atoms with Crippen LogP contribution in [0, 0.1) is 5.92 Å². The molecule has 4 nitrogen and oxygen atoms in total. The van der Waals surface area contributed by atoms with E-state index in [-0.39, 0.29) is 18.6 Å². The number of anilines is 1. The third-order valence-electron chi connectivity index (χ3n) is 2.56. The number of rotatable bonds is 4. The fourth-order valence-electron chi connectivity index (χ4n) is 1.50. The first-order chi connectivity index (χ1) is 7.24. The molecule has 2 rings (SSSR count). The van der Waals surface area contributed by atoms with Crippen LogP contribution in [0.15, 0.2) is 18.2 Å². The van der Waals surface area contributed by atoms with Gasteiger partial charge in [-0.15, -0.1) is 0 Å². The average molecular weight is 209 g/mol. The number of nitrogens with two attached hydrogens (primary N) is 1. The van der Waals surface area contributed by atoms with Crippen molar-refractivity contribution >= 4 is 5.69 Å². The Kier molecular flexibility index (Phi) is 2.68. The summed E-state index contributed by atoms with van der Waals surface area (Å²) in [5.74, 6) is 1.60. The van der Waals surface area contributed by atoms with E-state index in [1.807, 2.05) is 0 Å². The molecule has 0 spiro atoms. The quantitative estimate of drug-likeness (QED) is 0.727. The highest BCUT2D eigenvalue weighted by atomic mass is 16.5. The Bertz CT molecular complexity index is 354. The lowest BCUT2D eigenvalue weighted by Gasteiger charge is -2.10. The lowest BCUT2D eigenvalue weighted by atomic mass is 10.3. The summed E-state index contributed by atoms with van der Waals surface area (Å²) in [4.78, 5) is 0. The fraction of sp³-hybridized carbons (Fsp3) is 0.455. The molecule has 1 aromatic carbocycles. The number of benzene rings is 1. The monoisotopic (exact) mass is 209 g/mol. The van der Waals surface area contributed by atoms with Crippen molar-refractivity contribution in [3.8, 4) is 11.5 Å². The minimum absolute atomic E-state index is 0.118. The highest BCUT2D eigenvalue weighted by Gasteiger charge is 2.39. The molecule has 1 aromatic rings. The van der Waals surface area contributed by atoms with Crippen LogP contribution in [0.3, 0.4) is 0 Å². The summed E-state index contributed by atoms with van der Waals surface area (Å²) in [7, 11) is 1.58. The van der Waals surface area contributed by atoms with E-state index in [0.717, 1.165) is 6.42 Å². The summed E-state index contributed by atoms with van der Waals surface area (Å²) in [6.45, 7) is 0.182. The van der Waals surface area contributed by atoms with Gasteiger partial charge in [0.25, 0.3) is 0 Å². The topological polar surface area (TPSA) is 64.7 Å². The van der Waals surface area contributed by atoms with Crippen LogP contribution in [0.1, 0.15) is 6.42 Å². The number of aliphatic hydroxyl groups excluding tert-OH is 1. The van der Waals surface area contributed by atoms with E-state index in [1.54, 1.807) is 25.3 Å². The molecule has 3 N–H and O–H groups in total. The number of nitrogen functional groups attached to an aromatic ring is 1. The molecular weight excluding hydrogens is 194 g/mol. The standard InChI is InChI=1S/C11H15NO3/c1-14-11-5-8(12)2-3-9(11)15-10-4-7(10)6-13/h2-3,5,7,10,13H,4,6,12H2,1H3/t7?,10-/m1/s1. The van der Waals surface area contributed by atoms with Gasteiger partial charge in [0.1, 0.15) is 6.10 Å². The number of methoxy groups -OCH3 is 1. The predicted molar refractivity (Wildman–Crippen MR) is 57.0 cm³/mol. The SMILES string of the molecule is COc1cc(N)ccc1O[C@@H]1CC1CO. The fourth-order valence-corrected chi connectivity index (χ4v) is 1.50. The number of ether oxygens (including phenoxy) is 2. The average Bonchev–Trinajstić information content (AvgIpc) is 2.99. The maximum absolute atomic E-state index is 8.89. The normalized spacial score (nSPS) is 23.6. The Morgan fingerprint density at radius 1 is 1.47 bits per heavy atom. The predicted octanol–water partition coefficient (Wildman–Crippen LogP) is 1.04. The smallest absolute Gasteiger partial charge is 0.162 e. The largest absolute Gasteiger partial charge is 0.493 e. The second kappa shape index (κ2) is 3.98. The molecule has 1 aliphatic carbocycles. The lowest BCUT2D eigenvalue weighted by Crippen LogP contribution is -2.04. The Morgan fingerprint density at radius 2 is 2.27 bits per heavy atom. The van der Waals surface area contributed by atoms with Crippen LogP contribution in [0.4, 0.5) is 5.69 Å². The lowest BCUT2D eigenvalue weighted by molar-refractivity contribution is 0.219. The van der Waals surface area contributed by atoms with Gasteiger partial charge < -0.3 is 20.3 Å². The molecule has 4 heteroatoms. The highest BCUT2D eigenvalue weighted by molar-refractivity contribution is 5.52. The van der Waals surface area contributed by atoms with Crippen LogP contribution >= 0.6 is 0 Å². The van der Waals surface area contributed by atoms with Gasteiger partial charge in [-0.1, -0.05) is 0 Å². The molecule has 15 heavy (non-hydrogen) atoms. The summed E-state index contributed by atoms with van der Waals surface area (Å²) in [5, 5.41) is 8.89. The number of aliphatic hydroxyl groups is 1. The van der Waals surface area contributed by atoms with E-state index in [4.69, 9.17) is 20.3 Å². The van der Waals surface area contributed by atoms with Crippen molar-refractivity contribution in [1.82, 2.24) is 0 Å². The van der Waals surface area contributed by atoms with Crippen LogP contribution in [0.2, 0.25) is 0 Å². The molecule has 1 saturated carbocycles. The molecule has 0 radical (unpaired) electrons. The van der Waals surface area contributed by atoms with E-state index in [1.165, 1.54) is 0 Å². The summed E-state index contributed by atoms with van der Waals surface area (Å²) < 4.78 is 10.8. The molecule has 82 valence electrons. The minimum atomic E-state index is 0.118. The van der Waals surface area contributed by atoms with Gasteiger partial charge in [-0.2, -0.15) is 0 Å². The Hall–Kier alpha value is -1.42. The number of hydrogen-bond acceptors (Lipinski definition) is 4. The zero-order valence-electron chi connectivity index (χ0n) is 8.64. The molecule has 0 saturated heterocycles. The van der Waals surface area contributed by atoms with Crippen molar-refractivity contribution < 1.29 is 14.6 Å². The van der Waals surface area contributed by atoms with Crippen LogP contribution in [-0.4, -0.2) is 24.9 Å². The van der Waals surface area contributed by atoms with Crippen LogP contribution in [0.5, 0.6) is 11.5 Å². The van der Waals surface area contributed by atoms with Gasteiger partial charge in [0, 0.05) is 24.3 Å². The summed E-state index contributed by atoms with van der Waals surface area (Å²) >= 11 is 0. The van der Waals surface area contributed by atoms with Gasteiger partial charge in [-0.3, -0.25) is 0 Å². The third kappa shape index (κ3) is 2.15. The van der Waals surface area contributed by atoms with Crippen LogP contribution < -0.4 is 15.2 Å². The summed E-state index contributed by atoms with van der Waals surface area (Å²) in [6, 6.07) is 5.29. The van der Waals surface area contributed by atoms with E-state index in [0.29, 0.717) is 17.2 Å². The Morgan fingerprint density at radius 3 is 2.87 bits per heavy atom. The zero-order chi connectivity index (χ0) is 10.8. The van der Waals surface area contributed by atoms with Crippen molar-refractivity contribution in [2.45, 2.75) is 12.5 Å². The number of hydrogen-bond donors (Lipinski definition) is 2. The van der Waals surface area contributed by atoms with Crippen molar-refractivity contribution in [1.29, 1.82) is 0 Å². The molecule has 0 bridgehead atoms. The van der Waals surface area contributed by atoms with Crippen molar-refractivity contribution in [3.63, 3.8) is 0 Å². The minimum Gasteiger partial charge on any atom is -0.493 e. The van der Waals surface area contributed by atoms with Gasteiger partial charge in [0.15, 0.2) is 11.5 Å². The summed E-state index contributed by atoms with van der Waals surface area (Å²) in [5.41, 5.74) is 6.27. The molecule has 0 aliphatic heterocycles. The maximum atomic E-state index is 8.89. The molecule has 2 atom stereocenters. The Balaban J connectivity index is 2.07. The highest BCUT2D eigenvalue weighted by Crippen LogP contribution is 2.38. The first kappa shape index (κ1) is 10.1. The molecule has 1 aliphatic rings. The second-order valence-corrected chi connectivity index (χ2v) is 3.74. The molecule has 1 unspecified atom stereocenters. The van der Waals surface area contributed by atoms with Crippen LogP contribution in [-0.2, 0) is 0 Å². The van der Waals surface area contributed by atoms with Crippen molar-refractivity contribution in [2.24, 2.45) is 5.92 Å². The molecule has 0 amide bonds. The van der Waals surface area contributed by atoms with Gasteiger partial charge in [0.05, 0.1) is 7.11 Å². The first-order valence-corrected chi connectivity index (χ1v) is 4.95. The zero-order valence-corrected chi connectivity index (χ0v) is 8.64. The van der Waals surface area contributed by atoms with E-state index in [2.05, 4.69) is 0 Å². The molecule has 0 aromatic heterocycles. The Labute approximate surface area is 88.6 Å². The van der Waals surface area contributed by atoms with Gasteiger partial charge in [0.2, 0.25) is 0 Å². The van der Waals surface area contributed by atoms with E-state index in [9.17, 15) is 0 Å². The molecule has 0 heterocycles. The molecule has 1 fully saturated rings. The van der Waals surface area contributed by atoms with Gasteiger partial charge in [-0.05, 0) is 18.6 Å². The third-order valence-corrected chi connectivity index (χ3v) is 2.56. The van der Waals surface area contributed by atoms with Gasteiger partial charge in [-0.25, -0.2) is 0 Å². The summed E-state index contributed by atoms with van der Waals surface area (Å²) in [6.07, 6.45) is 1.02. The maximum Gasteiger partial charge on any atom is 0.162 e. The van der Waals surface area contributed by atoms with Crippen LogP contribution in [0.25, 0.3) is 0 Å². The van der Waals surface area contributed by atoms with Crippen molar-refractivity contribution in [3.05, 3.63) is 18.2 Å². The van der Waals surface area contributed by atoms with E-state index < -0.39 is 0 Å². The molecular formula is C11H15NO3. The van der Waals surface area contributed by atoms with E-state index >= 15 is 0 Å². The second-order valence-electron chi connectivity index (χ2n) is 3.74. The van der Waals surface area contributed by atoms with Gasteiger partial charge >= 0.3 is 0 Å². The first-order valence-electron chi connectivity index (χ1n) is 4.95. The van der Waals surface area contributed by atoms with Crippen molar-refractivity contribution in [2.75, 3.05) is 19.5 Å².